The third-order valence-corrected chi connectivity index (χ3v) is 4.13. The van der Waals surface area contributed by atoms with Crippen LogP contribution in [0.4, 0.5) is 11.7 Å². The monoisotopic (exact) mass is 392 g/mol. The lowest BCUT2D eigenvalue weighted by Gasteiger charge is -2.21. The molecule has 3 aromatic rings. The number of halogens is 1. The fraction of sp³-hybridized carbons (Fsp3) is 0.125. The number of hydrogen-bond donors (Lipinski definition) is 0. The van der Waals surface area contributed by atoms with Gasteiger partial charge in [-0.15, -0.1) is 0 Å². The van der Waals surface area contributed by atoms with E-state index in [1.165, 1.54) is 0 Å². The van der Waals surface area contributed by atoms with Crippen LogP contribution in [0.5, 0.6) is 0 Å². The van der Waals surface area contributed by atoms with E-state index in [0.717, 1.165) is 9.26 Å². The fourth-order valence-electron chi connectivity index (χ4n) is 2.20. The van der Waals surface area contributed by atoms with Gasteiger partial charge in [0.25, 0.3) is 0 Å². The molecule has 5 heteroatoms. The summed E-state index contributed by atoms with van der Waals surface area (Å²) < 4.78 is 6.49. The van der Waals surface area contributed by atoms with Crippen molar-refractivity contribution in [1.29, 1.82) is 0 Å². The van der Waals surface area contributed by atoms with Crippen LogP contribution in [0.2, 0.25) is 0 Å². The van der Waals surface area contributed by atoms with Crippen LogP contribution < -0.4 is 10.5 Å². The van der Waals surface area contributed by atoms with Crippen LogP contribution in [0.15, 0.2) is 57.7 Å². The Bertz CT molecular complexity index is 845. The maximum atomic E-state index is 12.1. The molecule has 0 unspecified atom stereocenters. The molecule has 0 aliphatic carbocycles. The molecule has 0 fully saturated rings. The van der Waals surface area contributed by atoms with Crippen molar-refractivity contribution in [2.45, 2.75) is 6.92 Å². The van der Waals surface area contributed by atoms with Crippen LogP contribution in [0, 0.1) is 3.57 Å². The van der Waals surface area contributed by atoms with Crippen LogP contribution >= 0.6 is 22.6 Å². The number of anilines is 2. The topological polar surface area (TPSA) is 46.3 Å². The number of hydrogen-bond acceptors (Lipinski definition) is 4. The summed E-state index contributed by atoms with van der Waals surface area (Å²) in [4.78, 5) is 18.5. The van der Waals surface area contributed by atoms with Crippen molar-refractivity contribution in [3.05, 3.63) is 62.5 Å². The summed E-state index contributed by atoms with van der Waals surface area (Å²) in [7, 11) is 0. The van der Waals surface area contributed by atoms with Gasteiger partial charge in [0.15, 0.2) is 0 Å². The molecule has 0 spiro atoms. The highest BCUT2D eigenvalue weighted by Gasteiger charge is 2.16. The van der Waals surface area contributed by atoms with Crippen molar-refractivity contribution < 1.29 is 4.42 Å². The average Bonchev–Trinajstić information content (AvgIpc) is 2.50. The quantitative estimate of drug-likeness (QED) is 0.634. The van der Waals surface area contributed by atoms with Crippen LogP contribution in [-0.2, 0) is 0 Å². The molecule has 3 rings (SSSR count). The smallest absolute Gasteiger partial charge is 0.348 e. The van der Waals surface area contributed by atoms with E-state index in [4.69, 9.17) is 4.42 Å². The van der Waals surface area contributed by atoms with Crippen molar-refractivity contribution in [3.63, 3.8) is 0 Å². The number of nitrogens with zero attached hydrogens (tertiary/aromatic N) is 2. The number of para-hydroxylation sites is 2. The Kier molecular flexibility index (Phi) is 3.92. The van der Waals surface area contributed by atoms with Crippen molar-refractivity contribution in [3.8, 4) is 0 Å². The zero-order valence-electron chi connectivity index (χ0n) is 11.4. The van der Waals surface area contributed by atoms with Gasteiger partial charge >= 0.3 is 11.6 Å². The molecule has 4 nitrogen and oxygen atoms in total. The average molecular weight is 392 g/mol. The van der Waals surface area contributed by atoms with Gasteiger partial charge in [0.1, 0.15) is 0 Å². The summed E-state index contributed by atoms with van der Waals surface area (Å²) in [6.45, 7) is 2.66. The molecule has 106 valence electrons. The van der Waals surface area contributed by atoms with Crippen molar-refractivity contribution in [2.75, 3.05) is 11.4 Å². The summed E-state index contributed by atoms with van der Waals surface area (Å²) in [5, 5.41) is 0.500. The van der Waals surface area contributed by atoms with Crippen LogP contribution in [0.25, 0.3) is 10.9 Å². The lowest BCUT2D eigenvalue weighted by molar-refractivity contribution is 0.502. The molecule has 0 bridgehead atoms. The Morgan fingerprint density at radius 3 is 2.62 bits per heavy atom. The van der Waals surface area contributed by atoms with E-state index in [2.05, 4.69) is 27.6 Å². The maximum Gasteiger partial charge on any atom is 0.348 e. The Labute approximate surface area is 135 Å². The Morgan fingerprint density at radius 2 is 1.86 bits per heavy atom. The highest BCUT2D eigenvalue weighted by atomic mass is 127. The van der Waals surface area contributed by atoms with Gasteiger partial charge in [-0.05, 0) is 53.8 Å². The van der Waals surface area contributed by atoms with Crippen molar-refractivity contribution in [1.82, 2.24) is 4.98 Å². The van der Waals surface area contributed by atoms with Gasteiger partial charge < -0.3 is 4.42 Å². The van der Waals surface area contributed by atoms with Gasteiger partial charge in [-0.3, -0.25) is 4.90 Å². The lowest BCUT2D eigenvalue weighted by Crippen LogP contribution is -2.20. The van der Waals surface area contributed by atoms with Gasteiger partial charge in [0, 0.05) is 10.1 Å². The summed E-state index contributed by atoms with van der Waals surface area (Å²) in [5.74, 6) is 0. The van der Waals surface area contributed by atoms with E-state index in [1.54, 1.807) is 12.1 Å². The van der Waals surface area contributed by atoms with E-state index < -0.39 is 0 Å². The molecule has 0 N–H and O–H groups in total. The first-order valence-electron chi connectivity index (χ1n) is 6.62. The van der Waals surface area contributed by atoms with Gasteiger partial charge in [-0.1, -0.05) is 24.3 Å². The molecule has 0 atom stereocenters. The Hall–Kier alpha value is -1.89. The number of fused-ring (bicyclic) bond motifs is 1. The molecule has 0 saturated heterocycles. The second-order valence-electron chi connectivity index (χ2n) is 4.50. The van der Waals surface area contributed by atoms with Crippen LogP contribution in [-0.4, -0.2) is 11.5 Å². The van der Waals surface area contributed by atoms with Crippen molar-refractivity contribution in [2.24, 2.45) is 0 Å². The van der Waals surface area contributed by atoms with E-state index in [-0.39, 0.29) is 5.63 Å². The Balaban J connectivity index is 2.18. The molecule has 0 amide bonds. The number of aromatic nitrogens is 1. The van der Waals surface area contributed by atoms with Crippen molar-refractivity contribution >= 4 is 45.2 Å². The molecule has 1 heterocycles. The zero-order chi connectivity index (χ0) is 14.8. The molecule has 0 radical (unpaired) electrons. The third-order valence-electron chi connectivity index (χ3n) is 3.21. The SMILES string of the molecule is CCN(c1nc2ccccc2c(=O)o1)c1ccccc1I. The highest BCUT2D eigenvalue weighted by Crippen LogP contribution is 2.28. The van der Waals surface area contributed by atoms with Gasteiger partial charge in [-0.25, -0.2) is 4.79 Å². The summed E-state index contributed by atoms with van der Waals surface area (Å²) >= 11 is 2.26. The third kappa shape index (κ3) is 2.65. The Morgan fingerprint density at radius 1 is 1.14 bits per heavy atom. The molecule has 2 aromatic carbocycles. The van der Waals surface area contributed by atoms with Gasteiger partial charge in [-0.2, -0.15) is 4.98 Å². The largest absolute Gasteiger partial charge is 0.388 e. The summed E-state index contributed by atoms with van der Waals surface area (Å²) in [6.07, 6.45) is 0. The molecule has 0 aliphatic heterocycles. The van der Waals surface area contributed by atoms with Gasteiger partial charge in [0.2, 0.25) is 0 Å². The standard InChI is InChI=1S/C16H13IN2O2/c1-2-19(14-10-6-4-8-12(14)17)16-18-13-9-5-3-7-11(13)15(20)21-16/h3-10H,2H2,1H3. The second-order valence-corrected chi connectivity index (χ2v) is 5.66. The van der Waals surface area contributed by atoms with E-state index in [1.807, 2.05) is 48.2 Å². The maximum absolute atomic E-state index is 12.1. The summed E-state index contributed by atoms with van der Waals surface area (Å²) in [5.41, 5.74) is 1.26. The minimum absolute atomic E-state index is 0.324. The first-order valence-corrected chi connectivity index (χ1v) is 7.70. The van der Waals surface area contributed by atoms with Crippen LogP contribution in [0.3, 0.4) is 0 Å². The van der Waals surface area contributed by atoms with E-state index >= 15 is 0 Å². The lowest BCUT2D eigenvalue weighted by atomic mass is 10.2. The van der Waals surface area contributed by atoms with E-state index in [9.17, 15) is 4.79 Å². The summed E-state index contributed by atoms with van der Waals surface area (Å²) in [6, 6.07) is 15.5. The first kappa shape index (κ1) is 14.1. The normalized spacial score (nSPS) is 10.8. The molecular weight excluding hydrogens is 379 g/mol. The zero-order valence-corrected chi connectivity index (χ0v) is 13.6. The number of benzene rings is 2. The number of rotatable bonds is 3. The predicted molar refractivity (Wildman–Crippen MR) is 92.1 cm³/mol. The molecular formula is C16H13IN2O2. The minimum atomic E-state index is -0.361. The first-order chi connectivity index (χ1) is 10.2. The van der Waals surface area contributed by atoms with Crippen LogP contribution in [0.1, 0.15) is 6.92 Å². The minimum Gasteiger partial charge on any atom is -0.388 e. The fourth-order valence-corrected chi connectivity index (χ4v) is 2.88. The molecule has 0 saturated carbocycles. The molecule has 1 aromatic heterocycles. The highest BCUT2D eigenvalue weighted by molar-refractivity contribution is 14.1. The van der Waals surface area contributed by atoms with E-state index in [0.29, 0.717) is 23.5 Å². The second kappa shape index (κ2) is 5.85. The molecule has 0 aliphatic rings. The van der Waals surface area contributed by atoms with Gasteiger partial charge in [0.05, 0.1) is 16.6 Å². The molecule has 21 heavy (non-hydrogen) atoms. The predicted octanol–water partition coefficient (Wildman–Crippen LogP) is 3.95.